The highest BCUT2D eigenvalue weighted by Crippen LogP contribution is 2.52. The number of carbonyl (C=O) groups is 2. The third kappa shape index (κ3) is 5.67. The summed E-state index contributed by atoms with van der Waals surface area (Å²) < 4.78 is 0. The van der Waals surface area contributed by atoms with Crippen molar-refractivity contribution in [2.75, 3.05) is 0 Å². The van der Waals surface area contributed by atoms with Crippen molar-refractivity contribution in [2.24, 2.45) is 5.92 Å². The highest BCUT2D eigenvalue weighted by Gasteiger charge is 2.49. The predicted molar refractivity (Wildman–Crippen MR) is 148 cm³/mol. The third-order valence-corrected chi connectivity index (χ3v) is 7.23. The molecule has 0 radical (unpaired) electrons. The highest BCUT2D eigenvalue weighted by molar-refractivity contribution is 6.01. The van der Waals surface area contributed by atoms with Crippen LogP contribution in [-0.4, -0.2) is 16.9 Å². The van der Waals surface area contributed by atoms with Gasteiger partial charge < -0.3 is 5.11 Å². The van der Waals surface area contributed by atoms with E-state index < -0.39 is 5.97 Å². The molecule has 0 bridgehead atoms. The fourth-order valence-corrected chi connectivity index (χ4v) is 5.72. The van der Waals surface area contributed by atoms with Crippen LogP contribution in [0.3, 0.4) is 0 Å². The number of carboxylic acids is 1. The number of fused-ring (bicyclic) bond motifs is 3. The number of carbonyl (C=O) groups excluding carboxylic acids is 1. The van der Waals surface area contributed by atoms with Gasteiger partial charge in [-0.3, -0.25) is 4.79 Å². The van der Waals surface area contributed by atoms with E-state index in [9.17, 15) is 14.7 Å². The van der Waals surface area contributed by atoms with E-state index in [1.807, 2.05) is 82.3 Å². The summed E-state index contributed by atoms with van der Waals surface area (Å²) in [5.74, 6) is -0.394. The molecule has 0 amide bonds. The lowest BCUT2D eigenvalue weighted by molar-refractivity contribution is -0.119. The monoisotopic (exact) mass is 482 g/mol. The quantitative estimate of drug-likeness (QED) is 0.384. The number of carboxylic acid groups (broad SMARTS) is 1. The number of aromatic carboxylic acids is 1. The first-order valence-electron chi connectivity index (χ1n) is 13.2. The van der Waals surface area contributed by atoms with Crippen LogP contribution in [0.15, 0.2) is 84.4 Å². The second-order valence-electron chi connectivity index (χ2n) is 9.12. The molecule has 3 heteroatoms. The molecule has 188 valence electrons. The standard InChI is InChI=1S/C29H26O3.2C2H6/c30-27-17-25-13-11-22-16-23(28(31)32)12-14-26(22)29(25,18-21-9-5-2-6-10-21)19-24(27)15-20-7-3-1-4-8-20;2*1-2/h1-10,12,14-16,25H,11,13,17-19H2,(H,31,32);2*1-2H3/b24-15+;;. The minimum atomic E-state index is -0.893. The molecule has 3 nitrogen and oxygen atoms in total. The Morgan fingerprint density at radius 1 is 0.944 bits per heavy atom. The van der Waals surface area contributed by atoms with Crippen LogP contribution in [-0.2, 0) is 23.1 Å². The van der Waals surface area contributed by atoms with E-state index in [0.29, 0.717) is 18.4 Å². The molecule has 2 unspecified atom stereocenters. The average molecular weight is 483 g/mol. The lowest BCUT2D eigenvalue weighted by atomic mass is 9.54. The molecule has 0 aliphatic heterocycles. The van der Waals surface area contributed by atoms with Crippen LogP contribution < -0.4 is 0 Å². The van der Waals surface area contributed by atoms with Gasteiger partial charge in [0.05, 0.1) is 5.56 Å². The van der Waals surface area contributed by atoms with Gasteiger partial charge in [0, 0.05) is 11.8 Å². The fourth-order valence-electron chi connectivity index (χ4n) is 5.72. The molecule has 3 aromatic carbocycles. The summed E-state index contributed by atoms with van der Waals surface area (Å²) >= 11 is 0. The Morgan fingerprint density at radius 2 is 1.58 bits per heavy atom. The summed E-state index contributed by atoms with van der Waals surface area (Å²) in [6.07, 6.45) is 5.85. The maximum Gasteiger partial charge on any atom is 0.335 e. The molecule has 0 saturated heterocycles. The third-order valence-electron chi connectivity index (χ3n) is 7.23. The smallest absolute Gasteiger partial charge is 0.335 e. The number of rotatable bonds is 4. The number of aryl methyl sites for hydroxylation is 1. The van der Waals surface area contributed by atoms with Crippen molar-refractivity contribution in [1.29, 1.82) is 0 Å². The predicted octanol–water partition coefficient (Wildman–Crippen LogP) is 7.93. The van der Waals surface area contributed by atoms with Crippen molar-refractivity contribution in [2.45, 2.75) is 65.2 Å². The van der Waals surface area contributed by atoms with Gasteiger partial charge in [0.15, 0.2) is 5.78 Å². The SMILES string of the molecule is CC.CC.O=C1CC2CCc3cc(C(=O)O)ccc3C2(Cc2ccccc2)C/C1=C\c1ccccc1. The van der Waals surface area contributed by atoms with Gasteiger partial charge in [0.2, 0.25) is 0 Å². The Kier molecular flexibility index (Phi) is 9.41. The van der Waals surface area contributed by atoms with Gasteiger partial charge in [-0.1, -0.05) is 94.4 Å². The molecular weight excluding hydrogens is 444 g/mol. The molecule has 3 aromatic rings. The largest absolute Gasteiger partial charge is 0.478 e. The molecule has 1 N–H and O–H groups in total. The lowest BCUT2D eigenvalue weighted by Crippen LogP contribution is -2.46. The van der Waals surface area contributed by atoms with Crippen LogP contribution in [0.5, 0.6) is 0 Å². The normalized spacial score (nSPS) is 21.2. The van der Waals surface area contributed by atoms with Crippen LogP contribution in [0.4, 0.5) is 0 Å². The van der Waals surface area contributed by atoms with Gasteiger partial charge in [-0.15, -0.1) is 0 Å². The van der Waals surface area contributed by atoms with Crippen LogP contribution >= 0.6 is 0 Å². The first-order chi connectivity index (χ1) is 17.5. The topological polar surface area (TPSA) is 54.4 Å². The second-order valence-corrected chi connectivity index (χ2v) is 9.12. The number of hydrogen-bond donors (Lipinski definition) is 1. The molecule has 1 fully saturated rings. The second kappa shape index (κ2) is 12.5. The molecule has 0 spiro atoms. The number of benzene rings is 3. The Bertz CT molecular complexity index is 1190. The Hall–Kier alpha value is -3.46. The number of hydrogen-bond acceptors (Lipinski definition) is 2. The summed E-state index contributed by atoms with van der Waals surface area (Å²) in [5, 5.41) is 9.51. The summed E-state index contributed by atoms with van der Waals surface area (Å²) in [5.41, 5.74) is 5.63. The van der Waals surface area contributed by atoms with E-state index in [1.54, 1.807) is 6.07 Å². The summed E-state index contributed by atoms with van der Waals surface area (Å²) in [4.78, 5) is 24.7. The van der Waals surface area contributed by atoms with Gasteiger partial charge in [0.25, 0.3) is 0 Å². The zero-order valence-electron chi connectivity index (χ0n) is 22.0. The van der Waals surface area contributed by atoms with Crippen LogP contribution in [0, 0.1) is 5.92 Å². The Labute approximate surface area is 215 Å². The van der Waals surface area contributed by atoms with Crippen LogP contribution in [0.25, 0.3) is 6.08 Å². The average Bonchev–Trinajstić information content (AvgIpc) is 2.92. The van der Waals surface area contributed by atoms with E-state index >= 15 is 0 Å². The molecule has 2 aliphatic carbocycles. The van der Waals surface area contributed by atoms with E-state index in [2.05, 4.69) is 24.3 Å². The van der Waals surface area contributed by atoms with E-state index in [4.69, 9.17) is 0 Å². The van der Waals surface area contributed by atoms with Gasteiger partial charge >= 0.3 is 5.97 Å². The van der Waals surface area contributed by atoms with E-state index in [-0.39, 0.29) is 17.1 Å². The van der Waals surface area contributed by atoms with Crippen molar-refractivity contribution in [3.05, 3.63) is 112 Å². The summed E-state index contributed by atoms with van der Waals surface area (Å²) in [6, 6.07) is 26.1. The summed E-state index contributed by atoms with van der Waals surface area (Å²) in [7, 11) is 0. The van der Waals surface area contributed by atoms with Crippen molar-refractivity contribution >= 4 is 17.8 Å². The zero-order valence-corrected chi connectivity index (χ0v) is 22.0. The van der Waals surface area contributed by atoms with E-state index in [0.717, 1.165) is 36.0 Å². The number of Topliss-reactive ketones (excluding diaryl/α,β-unsaturated/α-hetero) is 1. The molecule has 2 aliphatic rings. The van der Waals surface area contributed by atoms with Crippen LogP contribution in [0.2, 0.25) is 0 Å². The van der Waals surface area contributed by atoms with Gasteiger partial charge in [-0.05, 0) is 77.6 Å². The van der Waals surface area contributed by atoms with E-state index in [1.165, 1.54) is 11.1 Å². The molecule has 5 rings (SSSR count). The summed E-state index contributed by atoms with van der Waals surface area (Å²) in [6.45, 7) is 8.00. The molecule has 0 aromatic heterocycles. The lowest BCUT2D eigenvalue weighted by Gasteiger charge is -2.49. The Morgan fingerprint density at radius 3 is 2.22 bits per heavy atom. The first-order valence-corrected chi connectivity index (χ1v) is 13.2. The molecular formula is C33H38O3. The van der Waals surface area contributed by atoms with Gasteiger partial charge in [0.1, 0.15) is 0 Å². The van der Waals surface area contributed by atoms with Gasteiger partial charge in [-0.25, -0.2) is 4.79 Å². The molecule has 36 heavy (non-hydrogen) atoms. The number of ketones is 1. The zero-order chi connectivity index (χ0) is 26.1. The van der Waals surface area contributed by atoms with Crippen molar-refractivity contribution in [3.8, 4) is 0 Å². The Balaban J connectivity index is 0.000000861. The fraction of sp³-hybridized carbons (Fsp3) is 0.333. The van der Waals surface area contributed by atoms with Crippen molar-refractivity contribution < 1.29 is 14.7 Å². The molecule has 0 heterocycles. The minimum absolute atomic E-state index is 0.208. The molecule has 1 saturated carbocycles. The van der Waals surface area contributed by atoms with Gasteiger partial charge in [-0.2, -0.15) is 0 Å². The number of allylic oxidation sites excluding steroid dienone is 1. The van der Waals surface area contributed by atoms with Crippen LogP contribution in [0.1, 0.15) is 79.6 Å². The van der Waals surface area contributed by atoms with Crippen molar-refractivity contribution in [3.63, 3.8) is 0 Å². The minimum Gasteiger partial charge on any atom is -0.478 e. The highest BCUT2D eigenvalue weighted by atomic mass is 16.4. The van der Waals surface area contributed by atoms with Crippen molar-refractivity contribution in [1.82, 2.24) is 0 Å². The first kappa shape index (κ1) is 27.1. The maximum atomic E-state index is 13.2. The maximum absolute atomic E-state index is 13.2. The molecule has 2 atom stereocenters.